The van der Waals surface area contributed by atoms with E-state index in [1.54, 1.807) is 0 Å². The summed E-state index contributed by atoms with van der Waals surface area (Å²) in [6.07, 6.45) is 1.30. The zero-order chi connectivity index (χ0) is 14.9. The first-order valence-corrected chi connectivity index (χ1v) is 7.10. The quantitative estimate of drug-likeness (QED) is 0.564. The van der Waals surface area contributed by atoms with Crippen LogP contribution in [-0.2, 0) is 4.74 Å². The molecule has 1 aromatic rings. The molecule has 2 atom stereocenters. The lowest BCUT2D eigenvalue weighted by atomic mass is 9.64. The Morgan fingerprint density at radius 1 is 1.30 bits per heavy atom. The molecule has 1 aliphatic carbocycles. The van der Waals surface area contributed by atoms with Gasteiger partial charge in [-0.15, -0.1) is 0 Å². The number of hydrogen-bond acceptors (Lipinski definition) is 6. The normalized spacial score (nSPS) is 24.1. The molecule has 0 amide bonds. The van der Waals surface area contributed by atoms with Crippen molar-refractivity contribution >= 4 is 11.6 Å². The molecule has 1 saturated carbocycles. The van der Waals surface area contributed by atoms with Crippen LogP contribution in [0.5, 0.6) is 0 Å². The van der Waals surface area contributed by atoms with Crippen LogP contribution in [0, 0.1) is 19.3 Å². The summed E-state index contributed by atoms with van der Waals surface area (Å²) in [6, 6.07) is 0.345. The fourth-order valence-electron chi connectivity index (χ4n) is 2.69. The molecule has 1 aromatic heterocycles. The molecule has 6 heteroatoms. The van der Waals surface area contributed by atoms with Gasteiger partial charge in [0, 0.05) is 23.6 Å². The Bertz CT molecular complexity index is 489. The van der Waals surface area contributed by atoms with Crippen LogP contribution < -0.4 is 16.6 Å². The lowest BCUT2D eigenvalue weighted by Crippen LogP contribution is -2.58. The van der Waals surface area contributed by atoms with E-state index in [0.717, 1.165) is 24.4 Å². The Kier molecular flexibility index (Phi) is 4.15. The molecule has 20 heavy (non-hydrogen) atoms. The molecule has 0 aliphatic heterocycles. The summed E-state index contributed by atoms with van der Waals surface area (Å²) in [7, 11) is 0. The molecular weight excluding hydrogens is 254 g/mol. The van der Waals surface area contributed by atoms with Gasteiger partial charge in [-0.05, 0) is 27.2 Å². The maximum Gasteiger partial charge on any atom is 0.148 e. The average molecular weight is 279 g/mol. The summed E-state index contributed by atoms with van der Waals surface area (Å²) >= 11 is 0. The van der Waals surface area contributed by atoms with Gasteiger partial charge in [-0.3, -0.25) is 0 Å². The van der Waals surface area contributed by atoms with Gasteiger partial charge in [0.1, 0.15) is 17.5 Å². The van der Waals surface area contributed by atoms with Crippen LogP contribution >= 0.6 is 0 Å². The molecule has 2 unspecified atom stereocenters. The Labute approximate surface area is 120 Å². The van der Waals surface area contributed by atoms with E-state index < -0.39 is 0 Å². The topological polar surface area (TPSA) is 85.1 Å². The van der Waals surface area contributed by atoms with E-state index in [0.29, 0.717) is 23.8 Å². The number of hydrazine groups is 1. The van der Waals surface area contributed by atoms with Gasteiger partial charge in [-0.2, -0.15) is 0 Å². The molecule has 0 saturated heterocycles. The first-order chi connectivity index (χ1) is 9.40. The van der Waals surface area contributed by atoms with Crippen LogP contribution in [0.2, 0.25) is 0 Å². The van der Waals surface area contributed by atoms with E-state index in [4.69, 9.17) is 10.6 Å². The third-order valence-corrected chi connectivity index (χ3v) is 4.25. The van der Waals surface area contributed by atoms with Crippen LogP contribution in [0.1, 0.15) is 38.6 Å². The number of aromatic nitrogens is 2. The Hall–Kier alpha value is -1.40. The van der Waals surface area contributed by atoms with Gasteiger partial charge >= 0.3 is 0 Å². The number of nitrogens with zero attached hydrogens (tertiary/aromatic N) is 2. The highest BCUT2D eigenvalue weighted by Crippen LogP contribution is 2.44. The number of anilines is 2. The first kappa shape index (κ1) is 15.0. The minimum absolute atomic E-state index is 0.0949. The third-order valence-electron chi connectivity index (χ3n) is 4.25. The van der Waals surface area contributed by atoms with Crippen molar-refractivity contribution in [3.63, 3.8) is 0 Å². The van der Waals surface area contributed by atoms with Crippen molar-refractivity contribution in [2.75, 3.05) is 17.3 Å². The number of nitrogens with one attached hydrogen (secondary N) is 2. The maximum atomic E-state index is 5.75. The van der Waals surface area contributed by atoms with Crippen molar-refractivity contribution in [2.24, 2.45) is 11.3 Å². The highest BCUT2D eigenvalue weighted by Gasteiger charge is 2.49. The number of hydrogen-bond donors (Lipinski definition) is 3. The predicted octanol–water partition coefficient (Wildman–Crippen LogP) is 1.99. The first-order valence-electron chi connectivity index (χ1n) is 7.10. The smallest absolute Gasteiger partial charge is 0.148 e. The number of ether oxygens (including phenoxy) is 1. The van der Waals surface area contributed by atoms with E-state index in [1.807, 2.05) is 20.8 Å². The second kappa shape index (κ2) is 5.54. The highest BCUT2D eigenvalue weighted by molar-refractivity contribution is 5.57. The van der Waals surface area contributed by atoms with Crippen LogP contribution in [0.4, 0.5) is 11.6 Å². The molecule has 4 N–H and O–H groups in total. The van der Waals surface area contributed by atoms with Crippen LogP contribution in [0.3, 0.4) is 0 Å². The van der Waals surface area contributed by atoms with Gasteiger partial charge in [0.15, 0.2) is 0 Å². The van der Waals surface area contributed by atoms with E-state index >= 15 is 0 Å². The fourth-order valence-corrected chi connectivity index (χ4v) is 2.69. The van der Waals surface area contributed by atoms with Gasteiger partial charge < -0.3 is 15.5 Å². The highest BCUT2D eigenvalue weighted by atomic mass is 16.5. The molecule has 1 heterocycles. The summed E-state index contributed by atoms with van der Waals surface area (Å²) in [5.41, 5.74) is 3.65. The molecule has 6 nitrogen and oxygen atoms in total. The minimum atomic E-state index is 0.0949. The Morgan fingerprint density at radius 2 is 1.95 bits per heavy atom. The monoisotopic (exact) mass is 279 g/mol. The number of nitrogens with two attached hydrogens (primary N) is 1. The van der Waals surface area contributed by atoms with E-state index in [9.17, 15) is 0 Å². The molecule has 2 rings (SSSR count). The second-order valence-electron chi connectivity index (χ2n) is 5.94. The van der Waals surface area contributed by atoms with Gasteiger partial charge in [-0.1, -0.05) is 13.8 Å². The molecule has 0 bridgehead atoms. The number of rotatable bonds is 5. The number of nitrogen functional groups attached to an aromatic ring is 1. The van der Waals surface area contributed by atoms with Crippen molar-refractivity contribution in [1.82, 2.24) is 9.97 Å². The maximum absolute atomic E-state index is 5.75. The SMILES string of the molecule is CCOC1CC(Nc2nc(C)nc(NN)c2C)C1(C)C. The molecule has 0 radical (unpaired) electrons. The molecule has 1 fully saturated rings. The average Bonchev–Trinajstić information content (AvgIpc) is 2.41. The minimum Gasteiger partial charge on any atom is -0.378 e. The van der Waals surface area contributed by atoms with Crippen molar-refractivity contribution in [1.29, 1.82) is 0 Å². The summed E-state index contributed by atoms with van der Waals surface area (Å²) < 4.78 is 5.75. The van der Waals surface area contributed by atoms with Gasteiger partial charge in [0.25, 0.3) is 0 Å². The Morgan fingerprint density at radius 3 is 2.50 bits per heavy atom. The zero-order valence-electron chi connectivity index (χ0n) is 12.9. The predicted molar refractivity (Wildman–Crippen MR) is 80.5 cm³/mol. The third kappa shape index (κ3) is 2.58. The lowest BCUT2D eigenvalue weighted by molar-refractivity contribution is -0.0976. The zero-order valence-corrected chi connectivity index (χ0v) is 12.9. The van der Waals surface area contributed by atoms with Gasteiger partial charge in [0.05, 0.1) is 6.10 Å². The Balaban J connectivity index is 2.14. The van der Waals surface area contributed by atoms with Crippen LogP contribution in [0.15, 0.2) is 0 Å². The van der Waals surface area contributed by atoms with Crippen LogP contribution in [0.25, 0.3) is 0 Å². The number of aryl methyl sites for hydroxylation is 1. The molecule has 0 aromatic carbocycles. The van der Waals surface area contributed by atoms with Crippen molar-refractivity contribution in [3.8, 4) is 0 Å². The summed E-state index contributed by atoms with van der Waals surface area (Å²) in [4.78, 5) is 8.75. The molecule has 112 valence electrons. The summed E-state index contributed by atoms with van der Waals surface area (Å²) in [6.45, 7) is 11.1. The molecule has 0 spiro atoms. The molecular formula is C14H25N5O. The lowest BCUT2D eigenvalue weighted by Gasteiger charge is -2.52. The van der Waals surface area contributed by atoms with Crippen molar-refractivity contribution < 1.29 is 4.74 Å². The molecule has 1 aliphatic rings. The van der Waals surface area contributed by atoms with Crippen molar-refractivity contribution in [2.45, 2.75) is 53.2 Å². The van der Waals surface area contributed by atoms with E-state index in [1.165, 1.54) is 0 Å². The van der Waals surface area contributed by atoms with E-state index in [2.05, 4.69) is 34.6 Å². The van der Waals surface area contributed by atoms with E-state index in [-0.39, 0.29) is 5.41 Å². The summed E-state index contributed by atoms with van der Waals surface area (Å²) in [5, 5.41) is 3.51. The van der Waals surface area contributed by atoms with Crippen LogP contribution in [-0.4, -0.2) is 28.7 Å². The van der Waals surface area contributed by atoms with Gasteiger partial charge in [0.2, 0.25) is 0 Å². The van der Waals surface area contributed by atoms with Crippen molar-refractivity contribution in [3.05, 3.63) is 11.4 Å². The summed E-state index contributed by atoms with van der Waals surface area (Å²) in [5.74, 6) is 7.70. The largest absolute Gasteiger partial charge is 0.378 e. The standard InChI is InChI=1S/C14H25N5O/c1-6-20-11-7-10(14(11,4)5)18-12-8(2)13(19-15)17-9(3)16-12/h10-11H,6-7,15H2,1-5H3,(H2,16,17,18,19). The second-order valence-corrected chi connectivity index (χ2v) is 5.94. The fraction of sp³-hybridized carbons (Fsp3) is 0.714. The van der Waals surface area contributed by atoms with Gasteiger partial charge in [-0.25, -0.2) is 15.8 Å².